The van der Waals surface area contributed by atoms with Crippen LogP contribution in [-0.4, -0.2) is 23.3 Å². The number of benzene rings is 2. The zero-order valence-corrected chi connectivity index (χ0v) is 12.5. The molecule has 0 aliphatic carbocycles. The minimum atomic E-state index is -0.0436. The van der Waals surface area contributed by atoms with Gasteiger partial charge in [-0.2, -0.15) is 0 Å². The minimum Gasteiger partial charge on any atom is -0.487 e. The van der Waals surface area contributed by atoms with Crippen LogP contribution in [0.15, 0.2) is 65.3 Å². The Morgan fingerprint density at radius 3 is 2.35 bits per heavy atom. The lowest BCUT2D eigenvalue weighted by Gasteiger charge is -2.10. The van der Waals surface area contributed by atoms with Crippen molar-refractivity contribution < 1.29 is 19.0 Å². The smallest absolute Gasteiger partial charge is 0.226 e. The average Bonchev–Trinajstić information content (AvgIpc) is 3.08. The Morgan fingerprint density at radius 2 is 1.61 bits per heavy atom. The molecule has 0 saturated carbocycles. The molecule has 0 spiro atoms. The standard InChI is InChI=1S/C18H17NO4/c20-10-11-21-16-8-4-5-9-17(16)22-12-15-13-23-18(19-15)14-6-2-1-3-7-14/h1-9,13,20H,10-12H2. The highest BCUT2D eigenvalue weighted by Gasteiger charge is 2.09. The number of ether oxygens (including phenoxy) is 2. The lowest BCUT2D eigenvalue weighted by atomic mass is 10.2. The first-order valence-corrected chi connectivity index (χ1v) is 7.32. The highest BCUT2D eigenvalue weighted by molar-refractivity contribution is 5.52. The number of aromatic nitrogens is 1. The normalized spacial score (nSPS) is 10.5. The number of rotatable bonds is 7. The fourth-order valence-electron chi connectivity index (χ4n) is 2.08. The SMILES string of the molecule is OCCOc1ccccc1OCc1coc(-c2ccccc2)n1. The fraction of sp³-hybridized carbons (Fsp3) is 0.167. The van der Waals surface area contributed by atoms with E-state index in [0.717, 1.165) is 5.56 Å². The lowest BCUT2D eigenvalue weighted by Crippen LogP contribution is -2.04. The summed E-state index contributed by atoms with van der Waals surface area (Å²) in [6.07, 6.45) is 1.58. The number of hydrogen-bond acceptors (Lipinski definition) is 5. The quantitative estimate of drug-likeness (QED) is 0.725. The molecule has 2 aromatic carbocycles. The molecule has 0 unspecified atom stereocenters. The monoisotopic (exact) mass is 311 g/mol. The molecule has 5 nitrogen and oxygen atoms in total. The molecular formula is C18H17NO4. The molecule has 0 fully saturated rings. The van der Waals surface area contributed by atoms with E-state index in [4.69, 9.17) is 19.0 Å². The molecule has 3 rings (SSSR count). The third-order valence-electron chi connectivity index (χ3n) is 3.15. The summed E-state index contributed by atoms with van der Waals surface area (Å²) in [6, 6.07) is 17.0. The van der Waals surface area contributed by atoms with E-state index in [1.165, 1.54) is 0 Å². The molecule has 1 heterocycles. The van der Waals surface area contributed by atoms with Crippen molar-refractivity contribution in [2.75, 3.05) is 13.2 Å². The lowest BCUT2D eigenvalue weighted by molar-refractivity contribution is 0.192. The molecule has 0 saturated heterocycles. The van der Waals surface area contributed by atoms with Crippen LogP contribution in [0.3, 0.4) is 0 Å². The fourth-order valence-corrected chi connectivity index (χ4v) is 2.08. The van der Waals surface area contributed by atoms with E-state index in [2.05, 4.69) is 4.98 Å². The van der Waals surface area contributed by atoms with Gasteiger partial charge in [0, 0.05) is 5.56 Å². The Kier molecular flexibility index (Phi) is 4.91. The molecule has 0 amide bonds. The van der Waals surface area contributed by atoms with E-state index in [0.29, 0.717) is 23.1 Å². The molecule has 23 heavy (non-hydrogen) atoms. The molecule has 0 aliphatic rings. The third-order valence-corrected chi connectivity index (χ3v) is 3.15. The number of aliphatic hydroxyl groups excluding tert-OH is 1. The van der Waals surface area contributed by atoms with Crippen molar-refractivity contribution in [2.45, 2.75) is 6.61 Å². The first-order chi connectivity index (χ1) is 11.4. The Balaban J connectivity index is 1.66. The van der Waals surface area contributed by atoms with Crippen molar-refractivity contribution >= 4 is 0 Å². The van der Waals surface area contributed by atoms with Gasteiger partial charge >= 0.3 is 0 Å². The van der Waals surface area contributed by atoms with Crippen LogP contribution in [0.5, 0.6) is 11.5 Å². The van der Waals surface area contributed by atoms with Gasteiger partial charge in [0.15, 0.2) is 11.5 Å². The second-order valence-electron chi connectivity index (χ2n) is 4.82. The second-order valence-corrected chi connectivity index (χ2v) is 4.82. The summed E-state index contributed by atoms with van der Waals surface area (Å²) in [5.74, 6) is 1.76. The zero-order valence-electron chi connectivity index (χ0n) is 12.5. The van der Waals surface area contributed by atoms with E-state index < -0.39 is 0 Å². The summed E-state index contributed by atoms with van der Waals surface area (Å²) < 4.78 is 16.6. The first kappa shape index (κ1) is 15.1. The summed E-state index contributed by atoms with van der Waals surface area (Å²) in [7, 11) is 0. The molecule has 1 N–H and O–H groups in total. The largest absolute Gasteiger partial charge is 0.487 e. The van der Waals surface area contributed by atoms with Gasteiger partial charge in [0.2, 0.25) is 5.89 Å². The second kappa shape index (κ2) is 7.47. The van der Waals surface area contributed by atoms with Crippen LogP contribution in [0.2, 0.25) is 0 Å². The van der Waals surface area contributed by atoms with Crippen molar-refractivity contribution in [2.24, 2.45) is 0 Å². The molecular weight excluding hydrogens is 294 g/mol. The van der Waals surface area contributed by atoms with Crippen LogP contribution >= 0.6 is 0 Å². The summed E-state index contributed by atoms with van der Waals surface area (Å²) >= 11 is 0. The number of para-hydroxylation sites is 2. The van der Waals surface area contributed by atoms with E-state index in [9.17, 15) is 0 Å². The van der Waals surface area contributed by atoms with Crippen molar-refractivity contribution in [1.29, 1.82) is 0 Å². The molecule has 0 bridgehead atoms. The predicted molar refractivity (Wildman–Crippen MR) is 85.3 cm³/mol. The van der Waals surface area contributed by atoms with Crippen LogP contribution in [0.4, 0.5) is 0 Å². The van der Waals surface area contributed by atoms with Gasteiger partial charge in [-0.1, -0.05) is 30.3 Å². The van der Waals surface area contributed by atoms with Gasteiger partial charge in [-0.15, -0.1) is 0 Å². The topological polar surface area (TPSA) is 64.7 Å². The molecule has 0 radical (unpaired) electrons. The molecule has 0 aliphatic heterocycles. The highest BCUT2D eigenvalue weighted by Crippen LogP contribution is 2.27. The van der Waals surface area contributed by atoms with Crippen LogP contribution in [0.25, 0.3) is 11.5 Å². The maximum Gasteiger partial charge on any atom is 0.226 e. The Morgan fingerprint density at radius 1 is 0.913 bits per heavy atom. The number of hydrogen-bond donors (Lipinski definition) is 1. The van der Waals surface area contributed by atoms with Crippen LogP contribution in [0, 0.1) is 0 Å². The van der Waals surface area contributed by atoms with Crippen molar-refractivity contribution in [3.63, 3.8) is 0 Å². The molecule has 3 aromatic rings. The maximum atomic E-state index is 8.85. The molecule has 0 atom stereocenters. The summed E-state index contributed by atoms with van der Waals surface area (Å²) in [4.78, 5) is 4.41. The van der Waals surface area contributed by atoms with E-state index in [-0.39, 0.29) is 19.8 Å². The highest BCUT2D eigenvalue weighted by atomic mass is 16.5. The maximum absolute atomic E-state index is 8.85. The molecule has 1 aromatic heterocycles. The average molecular weight is 311 g/mol. The number of oxazole rings is 1. The number of nitrogens with zero attached hydrogens (tertiary/aromatic N) is 1. The van der Waals surface area contributed by atoms with Crippen LogP contribution in [-0.2, 0) is 6.61 Å². The van der Waals surface area contributed by atoms with Crippen molar-refractivity contribution in [3.05, 3.63) is 66.6 Å². The van der Waals surface area contributed by atoms with Crippen molar-refractivity contribution in [1.82, 2.24) is 4.98 Å². The van der Waals surface area contributed by atoms with Gasteiger partial charge in [0.1, 0.15) is 25.2 Å². The van der Waals surface area contributed by atoms with Gasteiger partial charge in [-0.25, -0.2) is 4.98 Å². The Labute approximate surface area is 134 Å². The Bertz CT molecular complexity index is 740. The van der Waals surface area contributed by atoms with E-state index >= 15 is 0 Å². The molecule has 118 valence electrons. The zero-order chi connectivity index (χ0) is 15.9. The van der Waals surface area contributed by atoms with Crippen LogP contribution < -0.4 is 9.47 Å². The summed E-state index contributed by atoms with van der Waals surface area (Å²) in [6.45, 7) is 0.455. The van der Waals surface area contributed by atoms with Crippen LogP contribution in [0.1, 0.15) is 5.69 Å². The molecule has 5 heteroatoms. The summed E-state index contributed by atoms with van der Waals surface area (Å²) in [5.41, 5.74) is 1.62. The third kappa shape index (κ3) is 3.90. The minimum absolute atomic E-state index is 0.0436. The predicted octanol–water partition coefficient (Wildman–Crippen LogP) is 3.29. The summed E-state index contributed by atoms with van der Waals surface area (Å²) in [5, 5.41) is 8.85. The van der Waals surface area contributed by atoms with Gasteiger partial charge in [0.05, 0.1) is 6.61 Å². The van der Waals surface area contributed by atoms with Gasteiger partial charge in [0.25, 0.3) is 0 Å². The first-order valence-electron chi connectivity index (χ1n) is 7.32. The number of aliphatic hydroxyl groups is 1. The van der Waals surface area contributed by atoms with Gasteiger partial charge < -0.3 is 19.0 Å². The van der Waals surface area contributed by atoms with Crippen molar-refractivity contribution in [3.8, 4) is 23.0 Å². The van der Waals surface area contributed by atoms with E-state index in [1.54, 1.807) is 12.3 Å². The van der Waals surface area contributed by atoms with Gasteiger partial charge in [-0.05, 0) is 24.3 Å². The Hall–Kier alpha value is -2.79. The van der Waals surface area contributed by atoms with E-state index in [1.807, 2.05) is 48.5 Å². The van der Waals surface area contributed by atoms with Gasteiger partial charge in [-0.3, -0.25) is 0 Å².